The van der Waals surface area contributed by atoms with Gasteiger partial charge in [0, 0.05) is 6.42 Å². The van der Waals surface area contributed by atoms with Gasteiger partial charge in [0.25, 0.3) is 5.91 Å². The number of benzene rings is 1. The Morgan fingerprint density at radius 2 is 2.09 bits per heavy atom. The van der Waals surface area contributed by atoms with Crippen LogP contribution in [-0.4, -0.2) is 22.7 Å². The fourth-order valence-corrected chi connectivity index (χ4v) is 2.99. The van der Waals surface area contributed by atoms with Crippen molar-refractivity contribution in [3.63, 3.8) is 0 Å². The van der Waals surface area contributed by atoms with E-state index in [0.717, 1.165) is 29.2 Å². The predicted octanol–water partition coefficient (Wildman–Crippen LogP) is 3.91. The van der Waals surface area contributed by atoms with E-state index in [2.05, 4.69) is 22.4 Å². The fraction of sp³-hybridized carbons (Fsp3) is 0.471. The van der Waals surface area contributed by atoms with Crippen LogP contribution in [0, 0.1) is 13.8 Å². The van der Waals surface area contributed by atoms with Crippen molar-refractivity contribution in [3.8, 4) is 5.75 Å². The monoisotopic (exact) mass is 333 g/mol. The number of nitrogens with one attached hydrogen (secondary N) is 1. The summed E-state index contributed by atoms with van der Waals surface area (Å²) in [5.41, 5.74) is 2.19. The molecule has 0 saturated heterocycles. The third kappa shape index (κ3) is 5.63. The average molecular weight is 333 g/mol. The molecule has 0 unspecified atom stereocenters. The molecule has 1 amide bonds. The van der Waals surface area contributed by atoms with Crippen molar-refractivity contribution in [2.45, 2.75) is 46.5 Å². The van der Waals surface area contributed by atoms with Crippen LogP contribution in [0.25, 0.3) is 0 Å². The van der Waals surface area contributed by atoms with Crippen LogP contribution in [0.15, 0.2) is 18.2 Å². The first-order chi connectivity index (χ1) is 11.1. The molecule has 23 heavy (non-hydrogen) atoms. The second-order valence-corrected chi connectivity index (χ2v) is 6.63. The third-order valence-electron chi connectivity index (χ3n) is 3.40. The molecule has 1 aromatic heterocycles. The van der Waals surface area contributed by atoms with E-state index in [1.165, 1.54) is 29.7 Å². The van der Waals surface area contributed by atoms with Gasteiger partial charge in [-0.3, -0.25) is 10.1 Å². The molecule has 1 N–H and O–H groups in total. The Morgan fingerprint density at radius 1 is 1.26 bits per heavy atom. The van der Waals surface area contributed by atoms with E-state index in [1.54, 1.807) is 0 Å². The molecule has 0 saturated carbocycles. The summed E-state index contributed by atoms with van der Waals surface area (Å²) >= 11 is 1.43. The lowest BCUT2D eigenvalue weighted by molar-refractivity contribution is -0.118. The number of hydrogen-bond acceptors (Lipinski definition) is 5. The molecule has 5 nitrogen and oxygen atoms in total. The fourth-order valence-electron chi connectivity index (χ4n) is 2.19. The molecule has 1 aromatic carbocycles. The van der Waals surface area contributed by atoms with Crippen molar-refractivity contribution in [1.29, 1.82) is 0 Å². The molecule has 0 atom stereocenters. The zero-order valence-electron chi connectivity index (χ0n) is 13.9. The quantitative estimate of drug-likeness (QED) is 0.744. The molecular formula is C17H23N3O2S. The largest absolute Gasteiger partial charge is 0.483 e. The Labute approximate surface area is 141 Å². The lowest BCUT2D eigenvalue weighted by atomic mass is 10.1. The first-order valence-electron chi connectivity index (χ1n) is 7.90. The summed E-state index contributed by atoms with van der Waals surface area (Å²) in [5.74, 6) is 0.504. The topological polar surface area (TPSA) is 64.1 Å². The number of carbonyl (C=O) groups excluding carboxylic acids is 1. The summed E-state index contributed by atoms with van der Waals surface area (Å²) in [7, 11) is 0. The molecule has 0 radical (unpaired) electrons. The highest BCUT2D eigenvalue weighted by Crippen LogP contribution is 2.19. The smallest absolute Gasteiger partial charge is 0.264 e. The minimum Gasteiger partial charge on any atom is -0.483 e. The van der Waals surface area contributed by atoms with Gasteiger partial charge in [0.2, 0.25) is 5.13 Å². The van der Waals surface area contributed by atoms with Crippen LogP contribution in [0.3, 0.4) is 0 Å². The number of anilines is 1. The number of aryl methyl sites for hydroxylation is 3. The predicted molar refractivity (Wildman–Crippen MR) is 93.2 cm³/mol. The van der Waals surface area contributed by atoms with Crippen LogP contribution in [0.4, 0.5) is 5.13 Å². The lowest BCUT2D eigenvalue weighted by Gasteiger charge is -2.09. The van der Waals surface area contributed by atoms with Crippen LogP contribution in [0.5, 0.6) is 5.75 Å². The first-order valence-corrected chi connectivity index (χ1v) is 8.72. The highest BCUT2D eigenvalue weighted by atomic mass is 32.1. The normalized spacial score (nSPS) is 10.6. The van der Waals surface area contributed by atoms with E-state index in [-0.39, 0.29) is 12.5 Å². The van der Waals surface area contributed by atoms with Gasteiger partial charge in [0.1, 0.15) is 10.8 Å². The van der Waals surface area contributed by atoms with Crippen molar-refractivity contribution < 1.29 is 9.53 Å². The second kappa shape index (κ2) is 8.62. The van der Waals surface area contributed by atoms with Gasteiger partial charge in [-0.1, -0.05) is 48.8 Å². The standard InChI is InChI=1S/C17H23N3O2S/c1-4-5-6-7-16-19-20-17(23-16)18-15(21)11-22-14-9-8-12(2)10-13(14)3/h8-10H,4-7,11H2,1-3H3,(H,18,20,21). The number of rotatable bonds is 8. The minimum absolute atomic E-state index is 0.0331. The molecule has 0 aliphatic carbocycles. The van der Waals surface area contributed by atoms with E-state index < -0.39 is 0 Å². The SMILES string of the molecule is CCCCCc1nnc(NC(=O)COc2ccc(C)cc2C)s1. The summed E-state index contributed by atoms with van der Waals surface area (Å²) in [6.07, 6.45) is 4.39. The van der Waals surface area contributed by atoms with Crippen LogP contribution in [-0.2, 0) is 11.2 Å². The van der Waals surface area contributed by atoms with Crippen LogP contribution >= 0.6 is 11.3 Å². The van der Waals surface area contributed by atoms with Gasteiger partial charge in [-0.25, -0.2) is 0 Å². The molecule has 0 fully saturated rings. The highest BCUT2D eigenvalue weighted by Gasteiger charge is 2.09. The summed E-state index contributed by atoms with van der Waals surface area (Å²) in [6.45, 7) is 6.13. The van der Waals surface area contributed by atoms with Gasteiger partial charge in [-0.05, 0) is 31.9 Å². The minimum atomic E-state index is -0.221. The summed E-state index contributed by atoms with van der Waals surface area (Å²) in [6, 6.07) is 5.88. The number of carbonyl (C=O) groups is 1. The number of aromatic nitrogens is 2. The van der Waals surface area contributed by atoms with Gasteiger partial charge in [0.05, 0.1) is 0 Å². The van der Waals surface area contributed by atoms with Gasteiger partial charge in [0.15, 0.2) is 6.61 Å². The summed E-state index contributed by atoms with van der Waals surface area (Å²) in [5, 5.41) is 12.3. The molecule has 1 heterocycles. The van der Waals surface area contributed by atoms with Crippen LogP contribution < -0.4 is 10.1 Å². The Balaban J connectivity index is 1.80. The van der Waals surface area contributed by atoms with E-state index in [1.807, 2.05) is 32.0 Å². The Morgan fingerprint density at radius 3 is 2.83 bits per heavy atom. The lowest BCUT2D eigenvalue weighted by Crippen LogP contribution is -2.20. The van der Waals surface area contributed by atoms with Gasteiger partial charge in [-0.2, -0.15) is 0 Å². The average Bonchev–Trinajstić information content (AvgIpc) is 2.94. The molecule has 0 spiro atoms. The Bertz CT molecular complexity index is 655. The highest BCUT2D eigenvalue weighted by molar-refractivity contribution is 7.15. The zero-order chi connectivity index (χ0) is 16.7. The second-order valence-electron chi connectivity index (χ2n) is 5.56. The Kier molecular flexibility index (Phi) is 6.52. The molecule has 124 valence electrons. The van der Waals surface area contributed by atoms with E-state index in [9.17, 15) is 4.79 Å². The maximum Gasteiger partial charge on any atom is 0.264 e. The summed E-state index contributed by atoms with van der Waals surface area (Å²) in [4.78, 5) is 11.9. The van der Waals surface area contributed by atoms with E-state index in [4.69, 9.17) is 4.74 Å². The number of ether oxygens (including phenoxy) is 1. The molecule has 2 rings (SSSR count). The maximum atomic E-state index is 11.9. The Hall–Kier alpha value is -1.95. The van der Waals surface area contributed by atoms with Gasteiger partial charge in [-0.15, -0.1) is 10.2 Å². The number of nitrogens with zero attached hydrogens (tertiary/aromatic N) is 2. The molecular weight excluding hydrogens is 310 g/mol. The van der Waals surface area contributed by atoms with Crippen molar-refractivity contribution in [2.24, 2.45) is 0 Å². The van der Waals surface area contributed by atoms with Gasteiger partial charge >= 0.3 is 0 Å². The van der Waals surface area contributed by atoms with Crippen molar-refractivity contribution in [3.05, 3.63) is 34.3 Å². The molecule has 6 heteroatoms. The van der Waals surface area contributed by atoms with Crippen molar-refractivity contribution in [2.75, 3.05) is 11.9 Å². The molecule has 0 aliphatic heterocycles. The molecule has 2 aromatic rings. The maximum absolute atomic E-state index is 11.9. The number of unbranched alkanes of at least 4 members (excludes halogenated alkanes) is 2. The van der Waals surface area contributed by atoms with Crippen molar-refractivity contribution >= 4 is 22.4 Å². The number of amides is 1. The van der Waals surface area contributed by atoms with E-state index >= 15 is 0 Å². The van der Waals surface area contributed by atoms with Gasteiger partial charge < -0.3 is 4.74 Å². The van der Waals surface area contributed by atoms with Crippen LogP contribution in [0.2, 0.25) is 0 Å². The van der Waals surface area contributed by atoms with Crippen LogP contribution in [0.1, 0.15) is 42.3 Å². The third-order valence-corrected chi connectivity index (χ3v) is 4.30. The molecule has 0 aliphatic rings. The first kappa shape index (κ1) is 17.4. The molecule has 0 bridgehead atoms. The van der Waals surface area contributed by atoms with Crippen molar-refractivity contribution in [1.82, 2.24) is 10.2 Å². The number of hydrogen-bond donors (Lipinski definition) is 1. The van der Waals surface area contributed by atoms with E-state index in [0.29, 0.717) is 5.13 Å². The summed E-state index contributed by atoms with van der Waals surface area (Å²) < 4.78 is 5.56. The zero-order valence-corrected chi connectivity index (χ0v) is 14.7.